The fourth-order valence-electron chi connectivity index (χ4n) is 0.982. The third-order valence-corrected chi connectivity index (χ3v) is 3.22. The Kier molecular flexibility index (Phi) is 5.29. The highest BCUT2D eigenvalue weighted by Gasteiger charge is 2.19. The second-order valence-corrected chi connectivity index (χ2v) is 5.05. The van der Waals surface area contributed by atoms with E-state index in [9.17, 15) is 12.8 Å². The summed E-state index contributed by atoms with van der Waals surface area (Å²) in [7, 11) is -2.61. The number of sulfonamides is 1. The SMILES string of the molecule is COCCONS(=O)(=O)c1ccc(Cl)cc1F. The van der Waals surface area contributed by atoms with E-state index in [0.717, 1.165) is 12.1 Å². The minimum absolute atomic E-state index is 0.0188. The topological polar surface area (TPSA) is 64.6 Å². The molecule has 0 aliphatic rings. The quantitative estimate of drug-likeness (QED) is 0.632. The maximum atomic E-state index is 13.3. The molecule has 0 saturated carbocycles. The third-order valence-electron chi connectivity index (χ3n) is 1.74. The maximum Gasteiger partial charge on any atom is 0.265 e. The molecule has 0 heterocycles. The molecule has 17 heavy (non-hydrogen) atoms. The molecule has 1 aromatic rings. The average molecular weight is 284 g/mol. The lowest BCUT2D eigenvalue weighted by atomic mass is 10.3. The Balaban J connectivity index is 2.76. The van der Waals surface area contributed by atoms with Gasteiger partial charge in [0.1, 0.15) is 10.7 Å². The van der Waals surface area contributed by atoms with E-state index >= 15 is 0 Å². The van der Waals surface area contributed by atoms with E-state index in [2.05, 4.69) is 9.57 Å². The summed E-state index contributed by atoms with van der Waals surface area (Å²) in [6.07, 6.45) is 0. The fraction of sp³-hybridized carbons (Fsp3) is 0.333. The summed E-state index contributed by atoms with van der Waals surface area (Å²) in [5.74, 6) is -0.944. The lowest BCUT2D eigenvalue weighted by Gasteiger charge is -2.07. The predicted molar refractivity (Wildman–Crippen MR) is 59.6 cm³/mol. The van der Waals surface area contributed by atoms with Gasteiger partial charge in [-0.25, -0.2) is 12.8 Å². The highest BCUT2D eigenvalue weighted by molar-refractivity contribution is 7.89. The number of hydrogen-bond acceptors (Lipinski definition) is 4. The van der Waals surface area contributed by atoms with Gasteiger partial charge in [-0.1, -0.05) is 16.5 Å². The van der Waals surface area contributed by atoms with Crippen LogP contribution < -0.4 is 4.89 Å². The molecule has 0 bridgehead atoms. The highest BCUT2D eigenvalue weighted by atomic mass is 35.5. The van der Waals surface area contributed by atoms with Crippen molar-refractivity contribution in [2.75, 3.05) is 20.3 Å². The first-order chi connectivity index (χ1) is 7.97. The van der Waals surface area contributed by atoms with Gasteiger partial charge in [-0.3, -0.25) is 4.84 Å². The minimum Gasteiger partial charge on any atom is -0.382 e. The van der Waals surface area contributed by atoms with Crippen molar-refractivity contribution in [2.45, 2.75) is 4.90 Å². The first kappa shape index (κ1) is 14.3. The Labute approximate surface area is 103 Å². The van der Waals surface area contributed by atoms with Gasteiger partial charge in [0.05, 0.1) is 13.2 Å². The molecule has 0 aliphatic carbocycles. The molecule has 96 valence electrons. The molecule has 0 atom stereocenters. The van der Waals surface area contributed by atoms with Crippen molar-refractivity contribution in [3.63, 3.8) is 0 Å². The fourth-order valence-corrected chi connectivity index (χ4v) is 2.03. The summed E-state index contributed by atoms with van der Waals surface area (Å²) in [6, 6.07) is 3.24. The normalized spacial score (nSPS) is 11.7. The van der Waals surface area contributed by atoms with Crippen LogP contribution in [-0.4, -0.2) is 28.7 Å². The molecule has 1 aromatic carbocycles. The largest absolute Gasteiger partial charge is 0.382 e. The first-order valence-corrected chi connectivity index (χ1v) is 6.41. The van der Waals surface area contributed by atoms with Gasteiger partial charge in [-0.05, 0) is 18.2 Å². The van der Waals surface area contributed by atoms with Crippen molar-refractivity contribution in [2.24, 2.45) is 0 Å². The molecule has 5 nitrogen and oxygen atoms in total. The summed E-state index contributed by atoms with van der Waals surface area (Å²) in [5.41, 5.74) is 0. The molecule has 0 amide bonds. The smallest absolute Gasteiger partial charge is 0.265 e. The minimum atomic E-state index is -4.05. The molecular weight excluding hydrogens is 273 g/mol. The van der Waals surface area contributed by atoms with Crippen molar-refractivity contribution in [1.29, 1.82) is 0 Å². The average Bonchev–Trinajstić information content (AvgIpc) is 2.24. The zero-order chi connectivity index (χ0) is 12.9. The standard InChI is InChI=1S/C9H11ClFNO4S/c1-15-4-5-16-12-17(13,14)9-3-2-7(10)6-8(9)11/h2-3,6,12H,4-5H2,1H3. The lowest BCUT2D eigenvalue weighted by molar-refractivity contribution is 0.0437. The van der Waals surface area contributed by atoms with Crippen LogP contribution >= 0.6 is 11.6 Å². The number of benzene rings is 1. The summed E-state index contributed by atoms with van der Waals surface area (Å²) >= 11 is 5.51. The van der Waals surface area contributed by atoms with E-state index in [0.29, 0.717) is 0 Å². The Morgan fingerprint density at radius 1 is 1.41 bits per heavy atom. The number of halogens is 2. The van der Waals surface area contributed by atoms with Crippen LogP contribution in [0.25, 0.3) is 0 Å². The second kappa shape index (κ2) is 6.27. The zero-order valence-corrected chi connectivity index (χ0v) is 10.5. The van der Waals surface area contributed by atoms with Crippen LogP contribution in [0.4, 0.5) is 4.39 Å². The van der Waals surface area contributed by atoms with Gasteiger partial charge < -0.3 is 4.74 Å². The van der Waals surface area contributed by atoms with Crippen LogP contribution in [0.5, 0.6) is 0 Å². The molecule has 0 aliphatic heterocycles. The number of ether oxygens (including phenoxy) is 1. The van der Waals surface area contributed by atoms with Crippen molar-refractivity contribution >= 4 is 21.6 Å². The van der Waals surface area contributed by atoms with Gasteiger partial charge in [-0.15, -0.1) is 0 Å². The Morgan fingerprint density at radius 2 is 2.12 bits per heavy atom. The lowest BCUT2D eigenvalue weighted by Crippen LogP contribution is -2.26. The molecule has 0 fully saturated rings. The van der Waals surface area contributed by atoms with E-state index in [1.54, 1.807) is 4.89 Å². The summed E-state index contributed by atoms with van der Waals surface area (Å²) in [4.78, 5) is 5.87. The maximum absolute atomic E-state index is 13.3. The molecule has 0 radical (unpaired) electrons. The van der Waals surface area contributed by atoms with Crippen LogP contribution in [-0.2, 0) is 19.6 Å². The van der Waals surface area contributed by atoms with Crippen LogP contribution in [0, 0.1) is 5.82 Å². The zero-order valence-electron chi connectivity index (χ0n) is 8.94. The van der Waals surface area contributed by atoms with Gasteiger partial charge in [0.15, 0.2) is 0 Å². The number of hydrogen-bond donors (Lipinski definition) is 1. The second-order valence-electron chi connectivity index (χ2n) is 3.00. The molecule has 1 rings (SSSR count). The van der Waals surface area contributed by atoms with Crippen LogP contribution in [0.15, 0.2) is 23.1 Å². The van der Waals surface area contributed by atoms with Gasteiger partial charge in [-0.2, -0.15) is 0 Å². The molecule has 8 heteroatoms. The summed E-state index contributed by atoms with van der Waals surface area (Å²) in [6.45, 7) is 0.233. The summed E-state index contributed by atoms with van der Waals surface area (Å²) in [5, 5.41) is 0.113. The van der Waals surface area contributed by atoms with E-state index in [1.165, 1.54) is 13.2 Å². The van der Waals surface area contributed by atoms with Gasteiger partial charge in [0.2, 0.25) is 0 Å². The van der Waals surface area contributed by atoms with Crippen LogP contribution in [0.1, 0.15) is 0 Å². The number of rotatable bonds is 6. The van der Waals surface area contributed by atoms with E-state index in [-0.39, 0.29) is 18.2 Å². The molecule has 0 aromatic heterocycles. The molecule has 0 unspecified atom stereocenters. The highest BCUT2D eigenvalue weighted by Crippen LogP contribution is 2.18. The molecule has 0 spiro atoms. The Bertz CT molecular complexity index is 480. The van der Waals surface area contributed by atoms with Crippen molar-refractivity contribution in [3.8, 4) is 0 Å². The molecule has 1 N–H and O–H groups in total. The van der Waals surface area contributed by atoms with Crippen molar-refractivity contribution < 1.29 is 22.4 Å². The molecule has 0 saturated heterocycles. The van der Waals surface area contributed by atoms with E-state index in [4.69, 9.17) is 11.6 Å². The first-order valence-electron chi connectivity index (χ1n) is 4.55. The van der Waals surface area contributed by atoms with Crippen molar-refractivity contribution in [3.05, 3.63) is 29.0 Å². The van der Waals surface area contributed by atoms with Gasteiger partial charge in [0, 0.05) is 12.1 Å². The number of nitrogens with one attached hydrogen (secondary N) is 1. The van der Waals surface area contributed by atoms with Gasteiger partial charge >= 0.3 is 0 Å². The predicted octanol–water partition coefficient (Wildman–Crippen LogP) is 1.34. The summed E-state index contributed by atoms with van der Waals surface area (Å²) < 4.78 is 41.1. The van der Waals surface area contributed by atoms with Gasteiger partial charge in [0.25, 0.3) is 10.0 Å². The Morgan fingerprint density at radius 3 is 2.71 bits per heavy atom. The van der Waals surface area contributed by atoms with Crippen molar-refractivity contribution in [1.82, 2.24) is 4.89 Å². The van der Waals surface area contributed by atoms with E-state index < -0.39 is 20.7 Å². The van der Waals surface area contributed by atoms with E-state index in [1.807, 2.05) is 0 Å². The van der Waals surface area contributed by atoms with Crippen LogP contribution in [0.2, 0.25) is 5.02 Å². The monoisotopic (exact) mass is 283 g/mol. The Hall–Kier alpha value is -0.730. The van der Waals surface area contributed by atoms with Crippen LogP contribution in [0.3, 0.4) is 0 Å². The third kappa shape index (κ3) is 4.21. The number of methoxy groups -OCH3 is 1. The molecular formula is C9H11ClFNO4S.